The van der Waals surface area contributed by atoms with E-state index in [1.54, 1.807) is 26.0 Å². The van der Waals surface area contributed by atoms with Crippen LogP contribution in [0.2, 0.25) is 0 Å². The third-order valence-corrected chi connectivity index (χ3v) is 6.04. The molecule has 2 heterocycles. The van der Waals surface area contributed by atoms with Crippen molar-refractivity contribution in [3.05, 3.63) is 58.9 Å². The molecule has 0 radical (unpaired) electrons. The standard InChI is InChI=1S/C24H24N4O4/c1-13-22-18(28(27-13)24-25-16-7-5-6-8-17(16)26-24)9-14(10-19(22)29)15-11-20(30-2)23(32-4)21(12-15)31-3/h5-8,11-12,14H,9-10H2,1-4H3,(H,25,26)/t14-/m1/s1. The number of rotatable bonds is 5. The SMILES string of the molecule is COc1cc([C@H]2CC(=O)c3c(C)nn(-c4nc5ccccc5[nH]4)c3C2)cc(OC)c1OC. The lowest BCUT2D eigenvalue weighted by molar-refractivity contribution is 0.0963. The van der Waals surface area contributed by atoms with Crippen molar-refractivity contribution in [3.8, 4) is 23.2 Å². The molecule has 2 aromatic heterocycles. The first-order valence-corrected chi connectivity index (χ1v) is 10.4. The van der Waals surface area contributed by atoms with Crippen LogP contribution in [0, 0.1) is 6.92 Å². The molecule has 0 fully saturated rings. The number of methoxy groups -OCH3 is 3. The van der Waals surface area contributed by atoms with Crippen LogP contribution < -0.4 is 14.2 Å². The molecule has 164 valence electrons. The minimum atomic E-state index is -0.0528. The summed E-state index contributed by atoms with van der Waals surface area (Å²) in [6, 6.07) is 11.7. The maximum atomic E-state index is 13.2. The number of H-pyrrole nitrogens is 1. The number of Topliss-reactive ketones (excluding diaryl/α,β-unsaturated/α-hetero) is 1. The van der Waals surface area contributed by atoms with Crippen LogP contribution in [0.4, 0.5) is 0 Å². The normalized spacial score (nSPS) is 15.6. The van der Waals surface area contributed by atoms with Gasteiger partial charge in [-0.3, -0.25) is 4.79 Å². The van der Waals surface area contributed by atoms with Crippen LogP contribution in [0.1, 0.15) is 39.6 Å². The van der Waals surface area contributed by atoms with Crippen LogP contribution in [0.3, 0.4) is 0 Å². The Morgan fingerprint density at radius 2 is 1.75 bits per heavy atom. The topological polar surface area (TPSA) is 91.3 Å². The predicted octanol–water partition coefficient (Wildman–Crippen LogP) is 4.00. The van der Waals surface area contributed by atoms with Crippen molar-refractivity contribution in [2.75, 3.05) is 21.3 Å². The predicted molar refractivity (Wildman–Crippen MR) is 119 cm³/mol. The molecular weight excluding hydrogens is 408 g/mol. The van der Waals surface area contributed by atoms with Gasteiger partial charge >= 0.3 is 0 Å². The monoisotopic (exact) mass is 432 g/mol. The first kappa shape index (κ1) is 20.1. The fourth-order valence-electron chi connectivity index (χ4n) is 4.55. The van der Waals surface area contributed by atoms with Gasteiger partial charge in [0.1, 0.15) is 0 Å². The van der Waals surface area contributed by atoms with Gasteiger partial charge in [-0.1, -0.05) is 12.1 Å². The molecule has 8 nitrogen and oxygen atoms in total. The number of ketones is 1. The van der Waals surface area contributed by atoms with E-state index in [2.05, 4.69) is 15.1 Å². The number of aryl methyl sites for hydroxylation is 1. The lowest BCUT2D eigenvalue weighted by Crippen LogP contribution is -2.21. The van der Waals surface area contributed by atoms with Crippen molar-refractivity contribution in [2.45, 2.75) is 25.7 Å². The highest BCUT2D eigenvalue weighted by Crippen LogP contribution is 2.43. The first-order chi connectivity index (χ1) is 15.5. The zero-order chi connectivity index (χ0) is 22.4. The molecule has 0 saturated heterocycles. The summed E-state index contributed by atoms with van der Waals surface area (Å²) in [7, 11) is 4.75. The van der Waals surface area contributed by atoms with Gasteiger partial charge in [0.2, 0.25) is 11.7 Å². The number of carbonyl (C=O) groups is 1. The number of aromatic nitrogens is 4. The van der Waals surface area contributed by atoms with Crippen molar-refractivity contribution >= 4 is 16.8 Å². The van der Waals surface area contributed by atoms with E-state index in [1.807, 2.05) is 43.3 Å². The summed E-state index contributed by atoms with van der Waals surface area (Å²) in [5, 5.41) is 4.66. The van der Waals surface area contributed by atoms with Gasteiger partial charge < -0.3 is 19.2 Å². The molecule has 5 rings (SSSR count). The van der Waals surface area contributed by atoms with Gasteiger partial charge in [0.25, 0.3) is 0 Å². The van der Waals surface area contributed by atoms with E-state index in [0.717, 1.165) is 22.3 Å². The number of hydrogen-bond donors (Lipinski definition) is 1. The van der Waals surface area contributed by atoms with E-state index in [9.17, 15) is 4.79 Å². The number of benzene rings is 2. The highest BCUT2D eigenvalue weighted by molar-refractivity contribution is 6.00. The molecule has 0 aliphatic heterocycles. The minimum Gasteiger partial charge on any atom is -0.493 e. The van der Waals surface area contributed by atoms with E-state index in [4.69, 9.17) is 14.2 Å². The van der Waals surface area contributed by atoms with Gasteiger partial charge in [0.05, 0.1) is 49.3 Å². The van der Waals surface area contributed by atoms with Crippen LogP contribution >= 0.6 is 0 Å². The maximum Gasteiger partial charge on any atom is 0.229 e. The Balaban J connectivity index is 1.60. The van der Waals surface area contributed by atoms with Crippen molar-refractivity contribution < 1.29 is 19.0 Å². The van der Waals surface area contributed by atoms with Gasteiger partial charge in [-0.15, -0.1) is 0 Å². The van der Waals surface area contributed by atoms with E-state index >= 15 is 0 Å². The number of nitrogens with one attached hydrogen (secondary N) is 1. The van der Waals surface area contributed by atoms with Crippen LogP contribution in [0.5, 0.6) is 17.2 Å². The Kier molecular flexibility index (Phi) is 4.84. The second kappa shape index (κ2) is 7.71. The van der Waals surface area contributed by atoms with Crippen LogP contribution in [-0.4, -0.2) is 46.9 Å². The third kappa shape index (κ3) is 3.10. The largest absolute Gasteiger partial charge is 0.493 e. The first-order valence-electron chi connectivity index (χ1n) is 10.4. The number of hydrogen-bond acceptors (Lipinski definition) is 6. The van der Waals surface area contributed by atoms with Crippen LogP contribution in [0.25, 0.3) is 17.0 Å². The molecule has 0 spiro atoms. The Bertz CT molecular complexity index is 1280. The summed E-state index contributed by atoms with van der Waals surface area (Å²) in [6.07, 6.45) is 1.02. The molecule has 1 aliphatic carbocycles. The van der Waals surface area contributed by atoms with E-state index < -0.39 is 0 Å². The quantitative estimate of drug-likeness (QED) is 0.513. The second-order valence-electron chi connectivity index (χ2n) is 7.88. The number of para-hydroxylation sites is 2. The van der Waals surface area contributed by atoms with Gasteiger partial charge in [-0.05, 0) is 49.1 Å². The molecule has 0 bridgehead atoms. The number of nitrogens with zero attached hydrogens (tertiary/aromatic N) is 3. The molecule has 8 heteroatoms. The Morgan fingerprint density at radius 1 is 1.03 bits per heavy atom. The fourth-order valence-corrected chi connectivity index (χ4v) is 4.55. The number of ether oxygens (including phenoxy) is 3. The second-order valence-corrected chi connectivity index (χ2v) is 7.88. The lowest BCUT2D eigenvalue weighted by atomic mass is 9.81. The van der Waals surface area contributed by atoms with Gasteiger partial charge in [0.15, 0.2) is 17.3 Å². The molecule has 1 N–H and O–H groups in total. The highest BCUT2D eigenvalue weighted by Gasteiger charge is 2.33. The molecule has 0 amide bonds. The highest BCUT2D eigenvalue weighted by atomic mass is 16.5. The zero-order valence-corrected chi connectivity index (χ0v) is 18.4. The molecule has 1 aliphatic rings. The molecule has 32 heavy (non-hydrogen) atoms. The minimum absolute atomic E-state index is 0.0528. The average Bonchev–Trinajstić information content (AvgIpc) is 3.39. The molecule has 0 unspecified atom stereocenters. The van der Waals surface area contributed by atoms with E-state index in [0.29, 0.717) is 47.3 Å². The maximum absolute atomic E-state index is 13.2. The van der Waals surface area contributed by atoms with Crippen molar-refractivity contribution in [2.24, 2.45) is 0 Å². The number of imidazole rings is 1. The van der Waals surface area contributed by atoms with Crippen molar-refractivity contribution in [3.63, 3.8) is 0 Å². The summed E-state index contributed by atoms with van der Waals surface area (Å²) in [4.78, 5) is 21.2. The average molecular weight is 432 g/mol. The molecule has 1 atom stereocenters. The van der Waals surface area contributed by atoms with E-state index in [-0.39, 0.29) is 11.7 Å². The smallest absolute Gasteiger partial charge is 0.229 e. The summed E-state index contributed by atoms with van der Waals surface area (Å²) in [6.45, 7) is 1.87. The summed E-state index contributed by atoms with van der Waals surface area (Å²) >= 11 is 0. The van der Waals surface area contributed by atoms with Gasteiger partial charge in [-0.25, -0.2) is 9.67 Å². The fraction of sp³-hybridized carbons (Fsp3) is 0.292. The zero-order valence-electron chi connectivity index (χ0n) is 18.4. The molecule has 2 aromatic carbocycles. The number of fused-ring (bicyclic) bond motifs is 2. The summed E-state index contributed by atoms with van der Waals surface area (Å²) < 4.78 is 18.2. The van der Waals surface area contributed by atoms with Crippen LogP contribution in [-0.2, 0) is 6.42 Å². The molecule has 0 saturated carbocycles. The van der Waals surface area contributed by atoms with Crippen molar-refractivity contribution in [1.82, 2.24) is 19.7 Å². The van der Waals surface area contributed by atoms with Crippen molar-refractivity contribution in [1.29, 1.82) is 0 Å². The van der Waals surface area contributed by atoms with E-state index in [1.165, 1.54) is 0 Å². The van der Waals surface area contributed by atoms with Gasteiger partial charge in [-0.2, -0.15) is 5.10 Å². The summed E-state index contributed by atoms with van der Waals surface area (Å²) in [5.41, 5.74) is 4.99. The summed E-state index contributed by atoms with van der Waals surface area (Å²) in [5.74, 6) is 2.30. The number of carbonyl (C=O) groups excluding carboxylic acids is 1. The Labute approximate surface area is 185 Å². The third-order valence-electron chi connectivity index (χ3n) is 6.04. The van der Waals surface area contributed by atoms with Crippen LogP contribution in [0.15, 0.2) is 36.4 Å². The number of aromatic amines is 1. The Morgan fingerprint density at radius 3 is 2.41 bits per heavy atom. The molecular formula is C24H24N4O4. The molecule has 4 aromatic rings. The lowest BCUT2D eigenvalue weighted by Gasteiger charge is -2.24. The Hall–Kier alpha value is -3.81. The van der Waals surface area contributed by atoms with Gasteiger partial charge in [0, 0.05) is 6.42 Å².